The quantitative estimate of drug-likeness (QED) is 0.629. The number of rotatable bonds is 5. The molecule has 0 aliphatic heterocycles. The molecule has 0 bridgehead atoms. The Kier molecular flexibility index (Phi) is 4.72. The lowest BCUT2D eigenvalue weighted by atomic mass is 10.1. The van der Waals surface area contributed by atoms with Crippen LogP contribution in [0.3, 0.4) is 0 Å². The van der Waals surface area contributed by atoms with E-state index in [4.69, 9.17) is 11.6 Å². The van der Waals surface area contributed by atoms with E-state index in [2.05, 4.69) is 5.32 Å². The minimum atomic E-state index is -0.561. The monoisotopic (exact) mass is 258 g/mol. The fraction of sp³-hybridized carbons (Fsp3) is 0.455. The van der Waals surface area contributed by atoms with E-state index in [1.54, 1.807) is 0 Å². The Balaban J connectivity index is 2.82. The molecule has 0 heterocycles. The summed E-state index contributed by atoms with van der Waals surface area (Å²) in [5.74, 6) is 0.0840. The number of benzene rings is 1. The van der Waals surface area contributed by atoms with E-state index in [1.807, 2.05) is 13.8 Å². The summed E-state index contributed by atoms with van der Waals surface area (Å²) >= 11 is 5.77. The van der Waals surface area contributed by atoms with Gasteiger partial charge in [-0.15, -0.1) is 0 Å². The highest BCUT2D eigenvalue weighted by Gasteiger charge is 2.15. The molecule has 0 saturated heterocycles. The summed E-state index contributed by atoms with van der Waals surface area (Å²) in [5, 5.41) is 23.6. The zero-order chi connectivity index (χ0) is 13.0. The van der Waals surface area contributed by atoms with Crippen molar-refractivity contribution in [1.82, 2.24) is 0 Å². The van der Waals surface area contributed by atoms with E-state index < -0.39 is 11.0 Å². The van der Waals surface area contributed by atoms with Crippen molar-refractivity contribution in [2.24, 2.45) is 5.92 Å². The number of halogens is 1. The standard InChI is InChI=1S/C11H15ClN2O3/c1-7(2)11(15)6-13-9-5-8(12)3-4-10(9)14(16)17/h3-5,7,11,13,15H,6H2,1-2H3. The second kappa shape index (κ2) is 5.84. The number of aliphatic hydroxyl groups is 1. The molecule has 0 fully saturated rings. The van der Waals surface area contributed by atoms with Crippen LogP contribution in [0.25, 0.3) is 0 Å². The first-order valence-electron chi connectivity index (χ1n) is 5.27. The maximum Gasteiger partial charge on any atom is 0.292 e. The highest BCUT2D eigenvalue weighted by molar-refractivity contribution is 6.31. The number of nitro groups is 1. The average Bonchev–Trinajstić information content (AvgIpc) is 2.25. The van der Waals surface area contributed by atoms with E-state index in [0.29, 0.717) is 10.7 Å². The van der Waals surface area contributed by atoms with Gasteiger partial charge >= 0.3 is 0 Å². The second-order valence-electron chi connectivity index (χ2n) is 4.11. The molecule has 0 spiro atoms. The minimum absolute atomic E-state index is 0.0506. The van der Waals surface area contributed by atoms with Crippen LogP contribution in [0.1, 0.15) is 13.8 Å². The van der Waals surface area contributed by atoms with Gasteiger partial charge in [0, 0.05) is 17.6 Å². The van der Waals surface area contributed by atoms with Gasteiger partial charge in [0.1, 0.15) is 5.69 Å². The number of anilines is 1. The molecule has 17 heavy (non-hydrogen) atoms. The molecule has 1 aromatic carbocycles. The van der Waals surface area contributed by atoms with E-state index in [-0.39, 0.29) is 18.2 Å². The number of nitro benzene ring substituents is 1. The zero-order valence-electron chi connectivity index (χ0n) is 9.68. The summed E-state index contributed by atoms with van der Waals surface area (Å²) in [6, 6.07) is 4.28. The summed E-state index contributed by atoms with van der Waals surface area (Å²) in [7, 11) is 0. The van der Waals surface area contributed by atoms with Gasteiger partial charge in [-0.1, -0.05) is 25.4 Å². The van der Waals surface area contributed by atoms with E-state index in [0.717, 1.165) is 0 Å². The van der Waals surface area contributed by atoms with Gasteiger partial charge < -0.3 is 10.4 Å². The van der Waals surface area contributed by atoms with E-state index in [9.17, 15) is 15.2 Å². The molecule has 0 amide bonds. The predicted octanol–water partition coefficient (Wildman–Crippen LogP) is 2.68. The summed E-state index contributed by atoms with van der Waals surface area (Å²) < 4.78 is 0. The topological polar surface area (TPSA) is 75.4 Å². The van der Waals surface area contributed by atoms with Crippen molar-refractivity contribution in [2.45, 2.75) is 20.0 Å². The lowest BCUT2D eigenvalue weighted by molar-refractivity contribution is -0.384. The molecule has 1 aromatic rings. The van der Waals surface area contributed by atoms with E-state index in [1.165, 1.54) is 18.2 Å². The van der Waals surface area contributed by atoms with Gasteiger partial charge in [0.2, 0.25) is 0 Å². The Hall–Kier alpha value is -1.33. The van der Waals surface area contributed by atoms with Crippen LogP contribution >= 0.6 is 11.6 Å². The Morgan fingerprint density at radius 3 is 2.71 bits per heavy atom. The SMILES string of the molecule is CC(C)C(O)CNc1cc(Cl)ccc1[N+](=O)[O-]. The van der Waals surface area contributed by atoms with Crippen LogP contribution in [0.4, 0.5) is 11.4 Å². The molecule has 0 aliphatic carbocycles. The third kappa shape index (κ3) is 3.87. The van der Waals surface area contributed by atoms with Crippen molar-refractivity contribution in [3.05, 3.63) is 33.3 Å². The smallest absolute Gasteiger partial charge is 0.292 e. The number of nitrogens with zero attached hydrogens (tertiary/aromatic N) is 1. The zero-order valence-corrected chi connectivity index (χ0v) is 10.4. The first-order chi connectivity index (χ1) is 7.91. The molecular weight excluding hydrogens is 244 g/mol. The maximum absolute atomic E-state index is 10.8. The molecule has 2 N–H and O–H groups in total. The molecule has 6 heteroatoms. The van der Waals surface area contributed by atoms with Gasteiger partial charge in [0.25, 0.3) is 5.69 Å². The van der Waals surface area contributed by atoms with Crippen molar-refractivity contribution in [3.8, 4) is 0 Å². The molecule has 0 aromatic heterocycles. The fourth-order valence-corrected chi connectivity index (χ4v) is 1.43. The minimum Gasteiger partial charge on any atom is -0.391 e. The number of aliphatic hydroxyl groups excluding tert-OH is 1. The van der Waals surface area contributed by atoms with Crippen LogP contribution < -0.4 is 5.32 Å². The van der Waals surface area contributed by atoms with Crippen molar-refractivity contribution >= 4 is 23.0 Å². The Morgan fingerprint density at radius 1 is 1.53 bits per heavy atom. The Bertz CT molecular complexity index is 410. The van der Waals surface area contributed by atoms with Gasteiger partial charge in [-0.05, 0) is 18.1 Å². The molecule has 0 aliphatic rings. The molecule has 0 saturated carbocycles. The maximum atomic E-state index is 10.8. The van der Waals surface area contributed by atoms with Crippen molar-refractivity contribution in [3.63, 3.8) is 0 Å². The molecule has 94 valence electrons. The number of nitrogens with one attached hydrogen (secondary N) is 1. The first kappa shape index (κ1) is 13.7. The van der Waals surface area contributed by atoms with E-state index >= 15 is 0 Å². The summed E-state index contributed by atoms with van der Waals surface area (Å²) in [4.78, 5) is 10.3. The third-order valence-electron chi connectivity index (χ3n) is 2.43. The lowest BCUT2D eigenvalue weighted by Gasteiger charge is -2.15. The Morgan fingerprint density at radius 2 is 2.18 bits per heavy atom. The first-order valence-corrected chi connectivity index (χ1v) is 5.65. The fourth-order valence-electron chi connectivity index (χ4n) is 1.26. The van der Waals surface area contributed by atoms with Crippen molar-refractivity contribution in [1.29, 1.82) is 0 Å². The van der Waals surface area contributed by atoms with Gasteiger partial charge in [-0.25, -0.2) is 0 Å². The summed E-state index contributed by atoms with van der Waals surface area (Å²) in [5.41, 5.74) is 0.271. The van der Waals surface area contributed by atoms with Gasteiger partial charge in [-0.2, -0.15) is 0 Å². The molecule has 1 rings (SSSR count). The molecular formula is C11H15ClN2O3. The largest absolute Gasteiger partial charge is 0.391 e. The molecule has 1 atom stereocenters. The van der Waals surface area contributed by atoms with Crippen molar-refractivity contribution in [2.75, 3.05) is 11.9 Å². The third-order valence-corrected chi connectivity index (χ3v) is 2.66. The summed E-state index contributed by atoms with van der Waals surface area (Å²) in [6.45, 7) is 4.00. The van der Waals surface area contributed by atoms with Gasteiger partial charge in [0.05, 0.1) is 11.0 Å². The van der Waals surface area contributed by atoms with Crippen LogP contribution in [0.15, 0.2) is 18.2 Å². The normalized spacial score (nSPS) is 12.5. The van der Waals surface area contributed by atoms with Crippen LogP contribution in [0, 0.1) is 16.0 Å². The van der Waals surface area contributed by atoms with Crippen LogP contribution in [0.5, 0.6) is 0 Å². The number of hydrogen-bond donors (Lipinski definition) is 2. The van der Waals surface area contributed by atoms with Crippen LogP contribution in [0.2, 0.25) is 5.02 Å². The van der Waals surface area contributed by atoms with Gasteiger partial charge in [-0.3, -0.25) is 10.1 Å². The molecule has 0 radical (unpaired) electrons. The number of hydrogen-bond acceptors (Lipinski definition) is 4. The van der Waals surface area contributed by atoms with Crippen LogP contribution in [-0.2, 0) is 0 Å². The van der Waals surface area contributed by atoms with Crippen molar-refractivity contribution < 1.29 is 10.0 Å². The van der Waals surface area contributed by atoms with Gasteiger partial charge in [0.15, 0.2) is 0 Å². The second-order valence-corrected chi connectivity index (χ2v) is 4.55. The molecule has 5 nitrogen and oxygen atoms in total. The summed E-state index contributed by atoms with van der Waals surface area (Å²) in [6.07, 6.45) is -0.561. The lowest BCUT2D eigenvalue weighted by Crippen LogP contribution is -2.25. The average molecular weight is 259 g/mol. The highest BCUT2D eigenvalue weighted by atomic mass is 35.5. The highest BCUT2D eigenvalue weighted by Crippen LogP contribution is 2.27. The van der Waals surface area contributed by atoms with Crippen LogP contribution in [-0.4, -0.2) is 22.7 Å². The Labute approximate surface area is 105 Å². The molecule has 1 unspecified atom stereocenters. The predicted molar refractivity (Wildman–Crippen MR) is 67.4 cm³/mol.